The standard InChI is InChI=1S/C19H13BF6N6O2/c20-14-4-2-1-3-11(14)9-27-32-16-29-15(30-17(31-16)33-10-18(21,22)23)28-12-5-7-13(8-6-12)34-19(24,25)26/h1-9H,10H2,(H2,28,29,30,31,32)/b27-9+. The predicted octanol–water partition coefficient (Wildman–Crippen LogP) is 3.69. The number of nitrogens with zero attached hydrogens (tertiary/aromatic N) is 4. The summed E-state index contributed by atoms with van der Waals surface area (Å²) in [6.45, 7) is -1.66. The summed E-state index contributed by atoms with van der Waals surface area (Å²) in [5.41, 5.74) is 3.61. The number of ether oxygens (including phenoxy) is 2. The summed E-state index contributed by atoms with van der Waals surface area (Å²) in [5.74, 6) is -1.02. The van der Waals surface area contributed by atoms with E-state index in [0.717, 1.165) is 12.1 Å². The number of aromatic nitrogens is 3. The number of hydrogen-bond acceptors (Lipinski definition) is 8. The SMILES string of the molecule is [B]c1ccccc1/C=N/Nc1nc(Nc2ccc(OC(F)(F)F)cc2)nc(OCC(F)(F)F)n1. The molecule has 0 amide bonds. The number of benzene rings is 2. The van der Waals surface area contributed by atoms with Crippen LogP contribution in [0.4, 0.5) is 43.9 Å². The van der Waals surface area contributed by atoms with Crippen molar-refractivity contribution < 1.29 is 35.8 Å². The van der Waals surface area contributed by atoms with Crippen LogP contribution in [0.15, 0.2) is 53.6 Å². The van der Waals surface area contributed by atoms with E-state index in [-0.39, 0.29) is 17.6 Å². The molecule has 2 aromatic carbocycles. The van der Waals surface area contributed by atoms with Gasteiger partial charge in [0, 0.05) is 5.69 Å². The zero-order valence-electron chi connectivity index (χ0n) is 16.9. The van der Waals surface area contributed by atoms with Crippen LogP contribution in [0.1, 0.15) is 5.56 Å². The van der Waals surface area contributed by atoms with Crippen molar-refractivity contribution in [3.63, 3.8) is 0 Å². The molecule has 0 aliphatic rings. The fraction of sp³-hybridized carbons (Fsp3) is 0.158. The Hall–Kier alpha value is -4.04. The largest absolute Gasteiger partial charge is 0.573 e. The van der Waals surface area contributed by atoms with Crippen LogP contribution in [0.25, 0.3) is 0 Å². The quantitative estimate of drug-likeness (QED) is 0.219. The maximum absolute atomic E-state index is 12.5. The van der Waals surface area contributed by atoms with Gasteiger partial charge in [-0.2, -0.15) is 33.2 Å². The predicted molar refractivity (Wildman–Crippen MR) is 111 cm³/mol. The average molecular weight is 482 g/mol. The molecule has 1 aromatic heterocycles. The van der Waals surface area contributed by atoms with Gasteiger partial charge in [-0.1, -0.05) is 29.7 Å². The third kappa shape index (κ3) is 8.14. The van der Waals surface area contributed by atoms with Crippen molar-refractivity contribution >= 4 is 37.1 Å². The molecule has 0 spiro atoms. The first kappa shape index (κ1) is 24.6. The number of rotatable bonds is 8. The molecule has 8 nitrogen and oxygen atoms in total. The molecule has 0 fully saturated rings. The van der Waals surface area contributed by atoms with Crippen molar-refractivity contribution in [3.8, 4) is 11.8 Å². The average Bonchev–Trinajstić information content (AvgIpc) is 2.74. The van der Waals surface area contributed by atoms with Gasteiger partial charge < -0.3 is 14.8 Å². The molecule has 2 radical (unpaired) electrons. The molecule has 34 heavy (non-hydrogen) atoms. The Morgan fingerprint density at radius 1 is 0.912 bits per heavy atom. The van der Waals surface area contributed by atoms with Gasteiger partial charge in [-0.05, 0) is 29.8 Å². The first-order valence-electron chi connectivity index (χ1n) is 9.19. The van der Waals surface area contributed by atoms with Gasteiger partial charge >= 0.3 is 18.5 Å². The molecular formula is C19H13BF6N6O2. The van der Waals surface area contributed by atoms with E-state index >= 15 is 0 Å². The second-order valence-corrected chi connectivity index (χ2v) is 6.37. The van der Waals surface area contributed by atoms with E-state index in [9.17, 15) is 26.3 Å². The highest BCUT2D eigenvalue weighted by molar-refractivity contribution is 6.35. The van der Waals surface area contributed by atoms with Crippen LogP contribution in [0.5, 0.6) is 11.8 Å². The third-order valence-electron chi connectivity index (χ3n) is 3.69. The van der Waals surface area contributed by atoms with E-state index in [4.69, 9.17) is 7.85 Å². The van der Waals surface area contributed by atoms with Crippen LogP contribution < -0.4 is 25.7 Å². The highest BCUT2D eigenvalue weighted by Crippen LogP contribution is 2.25. The van der Waals surface area contributed by atoms with Gasteiger partial charge in [-0.15, -0.1) is 13.2 Å². The third-order valence-corrected chi connectivity index (χ3v) is 3.69. The van der Waals surface area contributed by atoms with Crippen LogP contribution in [-0.2, 0) is 0 Å². The van der Waals surface area contributed by atoms with Gasteiger partial charge in [0.25, 0.3) is 5.95 Å². The molecule has 3 aromatic rings. The topological polar surface area (TPSA) is 93.6 Å². The molecule has 176 valence electrons. The molecule has 0 aliphatic heterocycles. The van der Waals surface area contributed by atoms with E-state index in [2.05, 4.69) is 40.3 Å². The molecular weight excluding hydrogens is 469 g/mol. The van der Waals surface area contributed by atoms with Crippen LogP contribution in [0.3, 0.4) is 0 Å². The molecule has 0 aliphatic carbocycles. The van der Waals surface area contributed by atoms with Crippen molar-refractivity contribution in [2.24, 2.45) is 5.10 Å². The second kappa shape index (κ2) is 10.3. The monoisotopic (exact) mass is 482 g/mol. The number of halogens is 6. The molecule has 0 saturated carbocycles. The fourth-order valence-electron chi connectivity index (χ4n) is 2.33. The van der Waals surface area contributed by atoms with Gasteiger partial charge in [-0.25, -0.2) is 5.43 Å². The summed E-state index contributed by atoms with van der Waals surface area (Å²) >= 11 is 0. The Balaban J connectivity index is 1.79. The minimum Gasteiger partial charge on any atom is -0.454 e. The van der Waals surface area contributed by atoms with Crippen LogP contribution in [0, 0.1) is 0 Å². The van der Waals surface area contributed by atoms with E-state index in [1.165, 1.54) is 18.3 Å². The first-order valence-corrected chi connectivity index (χ1v) is 9.19. The van der Waals surface area contributed by atoms with Gasteiger partial charge in [0.05, 0.1) is 6.21 Å². The lowest BCUT2D eigenvalue weighted by atomic mass is 9.91. The van der Waals surface area contributed by atoms with Crippen LogP contribution in [0.2, 0.25) is 0 Å². The Kier molecular flexibility index (Phi) is 7.43. The Morgan fingerprint density at radius 3 is 2.24 bits per heavy atom. The number of alkyl halides is 6. The van der Waals surface area contributed by atoms with Crippen molar-refractivity contribution in [2.75, 3.05) is 17.3 Å². The van der Waals surface area contributed by atoms with E-state index < -0.39 is 30.9 Å². The lowest BCUT2D eigenvalue weighted by Gasteiger charge is -2.12. The lowest BCUT2D eigenvalue weighted by molar-refractivity contribution is -0.274. The van der Waals surface area contributed by atoms with Crippen molar-refractivity contribution in [3.05, 3.63) is 54.1 Å². The summed E-state index contributed by atoms with van der Waals surface area (Å²) in [6.07, 6.45) is -8.17. The Morgan fingerprint density at radius 2 is 1.59 bits per heavy atom. The number of nitrogens with one attached hydrogen (secondary N) is 2. The Bertz CT molecular complexity index is 1140. The number of anilines is 3. The second-order valence-electron chi connectivity index (χ2n) is 6.37. The van der Waals surface area contributed by atoms with E-state index in [1.54, 1.807) is 24.3 Å². The molecule has 0 saturated heterocycles. The van der Waals surface area contributed by atoms with Gasteiger partial charge in [0.1, 0.15) is 13.6 Å². The molecule has 0 unspecified atom stereocenters. The van der Waals surface area contributed by atoms with Gasteiger partial charge in [0.15, 0.2) is 6.61 Å². The zero-order valence-corrected chi connectivity index (χ0v) is 16.9. The Labute approximate surface area is 189 Å². The minimum absolute atomic E-state index is 0.203. The molecule has 3 rings (SSSR count). The van der Waals surface area contributed by atoms with Crippen LogP contribution >= 0.6 is 0 Å². The van der Waals surface area contributed by atoms with Crippen LogP contribution in [-0.4, -0.2) is 48.2 Å². The number of hydrazone groups is 1. The molecule has 0 atom stereocenters. The maximum Gasteiger partial charge on any atom is 0.573 e. The number of hydrogen-bond donors (Lipinski definition) is 2. The fourth-order valence-corrected chi connectivity index (χ4v) is 2.33. The van der Waals surface area contributed by atoms with Crippen molar-refractivity contribution in [1.82, 2.24) is 15.0 Å². The first-order chi connectivity index (χ1) is 16.0. The van der Waals surface area contributed by atoms with E-state index in [0.29, 0.717) is 11.0 Å². The smallest absolute Gasteiger partial charge is 0.454 e. The lowest BCUT2D eigenvalue weighted by Crippen LogP contribution is -2.20. The van der Waals surface area contributed by atoms with Crippen molar-refractivity contribution in [1.29, 1.82) is 0 Å². The minimum atomic E-state index is -4.86. The van der Waals surface area contributed by atoms with Gasteiger partial charge in [0.2, 0.25) is 5.95 Å². The molecule has 0 bridgehead atoms. The van der Waals surface area contributed by atoms with Crippen molar-refractivity contribution in [2.45, 2.75) is 12.5 Å². The zero-order chi connectivity index (χ0) is 24.8. The molecule has 15 heteroatoms. The van der Waals surface area contributed by atoms with Gasteiger partial charge in [-0.3, -0.25) is 0 Å². The summed E-state index contributed by atoms with van der Waals surface area (Å²) < 4.78 is 82.7. The molecule has 1 heterocycles. The highest BCUT2D eigenvalue weighted by atomic mass is 19.4. The molecule has 2 N–H and O–H groups in total. The summed E-state index contributed by atoms with van der Waals surface area (Å²) in [4.78, 5) is 11.4. The maximum atomic E-state index is 12.5. The summed E-state index contributed by atoms with van der Waals surface area (Å²) in [5, 5.41) is 6.50. The summed E-state index contributed by atoms with van der Waals surface area (Å²) in [7, 11) is 5.79. The van der Waals surface area contributed by atoms with E-state index in [1.807, 2.05) is 0 Å². The highest BCUT2D eigenvalue weighted by Gasteiger charge is 2.31. The summed E-state index contributed by atoms with van der Waals surface area (Å²) in [6, 6.07) is 10.5. The normalized spacial score (nSPS) is 11.9.